The molecule has 1 aromatic rings. The zero-order chi connectivity index (χ0) is 15.4. The lowest BCUT2D eigenvalue weighted by Gasteiger charge is -2.25. The van der Waals surface area contributed by atoms with Gasteiger partial charge >= 0.3 is 0 Å². The number of thiocarbonyl (C=S) groups is 1. The van der Waals surface area contributed by atoms with Crippen LogP contribution in [0.1, 0.15) is 55.4 Å². The van der Waals surface area contributed by atoms with Gasteiger partial charge in [0.1, 0.15) is 5.75 Å². The van der Waals surface area contributed by atoms with Gasteiger partial charge in [-0.15, -0.1) is 0 Å². The molecule has 0 aliphatic heterocycles. The molecule has 0 bridgehead atoms. The van der Waals surface area contributed by atoms with Gasteiger partial charge in [0, 0.05) is 5.92 Å². The van der Waals surface area contributed by atoms with Crippen molar-refractivity contribution in [2.45, 2.75) is 53.9 Å². The maximum absolute atomic E-state index is 5.84. The van der Waals surface area contributed by atoms with Crippen LogP contribution in [0.2, 0.25) is 0 Å². The molecule has 0 spiro atoms. The lowest BCUT2D eigenvalue weighted by atomic mass is 9.82. The molecule has 0 saturated heterocycles. The highest BCUT2D eigenvalue weighted by atomic mass is 32.1. The average Bonchev–Trinajstić information content (AvgIpc) is 2.40. The monoisotopic (exact) mass is 293 g/mol. The Morgan fingerprint density at radius 1 is 1.25 bits per heavy atom. The number of rotatable bonds is 6. The van der Waals surface area contributed by atoms with Gasteiger partial charge in [-0.2, -0.15) is 0 Å². The molecule has 0 heterocycles. The van der Waals surface area contributed by atoms with Crippen LogP contribution in [-0.4, -0.2) is 11.6 Å². The van der Waals surface area contributed by atoms with Gasteiger partial charge in [0.05, 0.1) is 11.6 Å². The fourth-order valence-corrected chi connectivity index (χ4v) is 2.83. The van der Waals surface area contributed by atoms with Crippen LogP contribution < -0.4 is 10.5 Å². The average molecular weight is 293 g/mol. The van der Waals surface area contributed by atoms with Gasteiger partial charge in [-0.3, -0.25) is 0 Å². The first-order valence-corrected chi connectivity index (χ1v) is 7.74. The maximum Gasteiger partial charge on any atom is 0.122 e. The molecular weight excluding hydrogens is 266 g/mol. The van der Waals surface area contributed by atoms with Gasteiger partial charge in [-0.05, 0) is 61.4 Å². The first-order chi connectivity index (χ1) is 9.31. The Hall–Kier alpha value is -1.09. The number of hydrogen-bond donors (Lipinski definition) is 1. The van der Waals surface area contributed by atoms with Crippen molar-refractivity contribution < 1.29 is 4.74 Å². The molecule has 1 aromatic carbocycles. The van der Waals surface area contributed by atoms with E-state index in [9.17, 15) is 0 Å². The summed E-state index contributed by atoms with van der Waals surface area (Å²) in [6.45, 7) is 13.6. The molecule has 1 rings (SSSR count). The third-order valence-corrected chi connectivity index (χ3v) is 4.60. The van der Waals surface area contributed by atoms with Gasteiger partial charge < -0.3 is 10.5 Å². The van der Waals surface area contributed by atoms with Crippen LogP contribution in [0.4, 0.5) is 0 Å². The molecule has 2 nitrogen and oxygen atoms in total. The summed E-state index contributed by atoms with van der Waals surface area (Å²) in [6, 6.07) is 2.15. The maximum atomic E-state index is 5.84. The van der Waals surface area contributed by atoms with Crippen molar-refractivity contribution >= 4 is 17.2 Å². The van der Waals surface area contributed by atoms with Crippen LogP contribution >= 0.6 is 12.2 Å². The van der Waals surface area contributed by atoms with Crippen LogP contribution in [0.25, 0.3) is 0 Å². The van der Waals surface area contributed by atoms with Gasteiger partial charge in [0.25, 0.3) is 0 Å². The second kappa shape index (κ2) is 7.07. The molecule has 3 heteroatoms. The SMILES string of the molecule is CCCOc1cc(C)c(C(C)C(C)C(N)=S)c(C)c1C. The largest absolute Gasteiger partial charge is 0.493 e. The molecule has 0 amide bonds. The molecule has 20 heavy (non-hydrogen) atoms. The molecule has 0 aromatic heterocycles. The Labute approximate surface area is 128 Å². The van der Waals surface area contributed by atoms with E-state index >= 15 is 0 Å². The molecule has 0 aliphatic carbocycles. The Kier molecular flexibility index (Phi) is 6.00. The Bertz CT molecular complexity index is 496. The highest BCUT2D eigenvalue weighted by Crippen LogP contribution is 2.35. The predicted molar refractivity (Wildman–Crippen MR) is 90.8 cm³/mol. The van der Waals surface area contributed by atoms with Crippen LogP contribution in [0.3, 0.4) is 0 Å². The summed E-state index contributed by atoms with van der Waals surface area (Å²) in [4.78, 5) is 0.584. The summed E-state index contributed by atoms with van der Waals surface area (Å²) in [6.07, 6.45) is 1.02. The highest BCUT2D eigenvalue weighted by molar-refractivity contribution is 7.80. The van der Waals surface area contributed by atoms with E-state index in [1.165, 1.54) is 22.3 Å². The van der Waals surface area contributed by atoms with Crippen molar-refractivity contribution in [2.24, 2.45) is 11.7 Å². The van der Waals surface area contributed by atoms with Crippen molar-refractivity contribution in [1.29, 1.82) is 0 Å². The minimum atomic E-state index is 0.198. The highest BCUT2D eigenvalue weighted by Gasteiger charge is 2.22. The van der Waals surface area contributed by atoms with E-state index in [2.05, 4.69) is 47.6 Å². The molecule has 2 unspecified atom stereocenters. The first kappa shape index (κ1) is 17.0. The van der Waals surface area contributed by atoms with Gasteiger partial charge in [0.15, 0.2) is 0 Å². The number of ether oxygens (including phenoxy) is 1. The molecule has 0 fully saturated rings. The van der Waals surface area contributed by atoms with Crippen LogP contribution in [0.5, 0.6) is 5.75 Å². The fourth-order valence-electron chi connectivity index (χ4n) is 2.62. The summed E-state index contributed by atoms with van der Waals surface area (Å²) in [7, 11) is 0. The summed E-state index contributed by atoms with van der Waals surface area (Å²) < 4.78 is 5.84. The Morgan fingerprint density at radius 3 is 2.35 bits per heavy atom. The van der Waals surface area contributed by atoms with Gasteiger partial charge in [0.2, 0.25) is 0 Å². The number of hydrogen-bond acceptors (Lipinski definition) is 2. The minimum absolute atomic E-state index is 0.198. The van der Waals surface area contributed by atoms with Crippen molar-refractivity contribution in [1.82, 2.24) is 0 Å². The summed E-state index contributed by atoms with van der Waals surface area (Å²) in [5.41, 5.74) is 10.9. The predicted octanol–water partition coefficient (Wildman–Crippen LogP) is 4.43. The summed E-state index contributed by atoms with van der Waals surface area (Å²) >= 11 is 5.15. The molecule has 2 N–H and O–H groups in total. The minimum Gasteiger partial charge on any atom is -0.493 e. The number of aryl methyl sites for hydroxylation is 1. The van der Waals surface area contributed by atoms with E-state index in [1.807, 2.05) is 0 Å². The van der Waals surface area contributed by atoms with E-state index in [0.717, 1.165) is 18.8 Å². The van der Waals surface area contributed by atoms with Crippen LogP contribution in [0.15, 0.2) is 6.07 Å². The molecule has 0 radical (unpaired) electrons. The van der Waals surface area contributed by atoms with E-state index in [4.69, 9.17) is 22.7 Å². The molecule has 0 saturated carbocycles. The van der Waals surface area contributed by atoms with Gasteiger partial charge in [-0.1, -0.05) is 33.0 Å². The van der Waals surface area contributed by atoms with E-state index < -0.39 is 0 Å². The second-order valence-electron chi connectivity index (χ2n) is 5.68. The first-order valence-electron chi connectivity index (χ1n) is 7.34. The number of benzene rings is 1. The Morgan fingerprint density at radius 2 is 1.85 bits per heavy atom. The van der Waals surface area contributed by atoms with Crippen molar-refractivity contribution in [3.05, 3.63) is 28.3 Å². The summed E-state index contributed by atoms with van der Waals surface area (Å²) in [5.74, 6) is 1.52. The topological polar surface area (TPSA) is 35.2 Å². The lowest BCUT2D eigenvalue weighted by molar-refractivity contribution is 0.314. The zero-order valence-corrected chi connectivity index (χ0v) is 14.4. The number of nitrogens with two attached hydrogens (primary N) is 1. The molecular formula is C17H27NOS. The van der Waals surface area contributed by atoms with Crippen molar-refractivity contribution in [3.63, 3.8) is 0 Å². The molecule has 0 aliphatic rings. The molecule has 112 valence electrons. The third kappa shape index (κ3) is 3.51. The van der Waals surface area contributed by atoms with E-state index in [0.29, 0.717) is 10.9 Å². The fraction of sp³-hybridized carbons (Fsp3) is 0.588. The quantitative estimate of drug-likeness (QED) is 0.788. The molecule has 2 atom stereocenters. The Balaban J connectivity index is 3.22. The van der Waals surface area contributed by atoms with Crippen LogP contribution in [-0.2, 0) is 0 Å². The smallest absolute Gasteiger partial charge is 0.122 e. The van der Waals surface area contributed by atoms with Crippen molar-refractivity contribution in [2.75, 3.05) is 6.61 Å². The van der Waals surface area contributed by atoms with Crippen LogP contribution in [0, 0.1) is 26.7 Å². The zero-order valence-electron chi connectivity index (χ0n) is 13.5. The normalized spacial score (nSPS) is 13.9. The third-order valence-electron chi connectivity index (χ3n) is 4.22. The van der Waals surface area contributed by atoms with Crippen molar-refractivity contribution in [3.8, 4) is 5.75 Å². The van der Waals surface area contributed by atoms with E-state index in [1.54, 1.807) is 0 Å². The standard InChI is InChI=1S/C17H27NOS/c1-7-8-19-15-9-10(2)16(12(4)11(15)3)13(5)14(6)17(18)20/h9,13-14H,7-8H2,1-6H3,(H2,18,20). The van der Waals surface area contributed by atoms with E-state index in [-0.39, 0.29) is 5.92 Å². The second-order valence-corrected chi connectivity index (χ2v) is 6.15. The lowest BCUT2D eigenvalue weighted by Crippen LogP contribution is -2.24. The van der Waals surface area contributed by atoms with Gasteiger partial charge in [-0.25, -0.2) is 0 Å². The summed E-state index contributed by atoms with van der Waals surface area (Å²) in [5, 5.41) is 0.